The van der Waals surface area contributed by atoms with E-state index in [4.69, 9.17) is 4.98 Å². The van der Waals surface area contributed by atoms with Crippen molar-refractivity contribution in [1.29, 1.82) is 0 Å². The second-order valence-electron chi connectivity index (χ2n) is 6.01. The molecule has 0 fully saturated rings. The molecule has 0 unspecified atom stereocenters. The first-order valence-corrected chi connectivity index (χ1v) is 9.45. The monoisotopic (exact) mass is 344 g/mol. The van der Waals surface area contributed by atoms with Gasteiger partial charge in [-0.05, 0) is 13.3 Å². The number of hydrogen-bond donors (Lipinski definition) is 1. The van der Waals surface area contributed by atoms with Crippen molar-refractivity contribution >= 4 is 17.3 Å². The highest BCUT2D eigenvalue weighted by Gasteiger charge is 2.07. The molecule has 130 valence electrons. The van der Waals surface area contributed by atoms with Crippen LogP contribution in [-0.2, 0) is 6.42 Å². The molecule has 1 N–H and O–H groups in total. The van der Waals surface area contributed by atoms with E-state index in [0.717, 1.165) is 36.2 Å². The zero-order chi connectivity index (χ0) is 17.4. The Bertz CT molecular complexity index is 646. The quantitative estimate of drug-likeness (QED) is 0.610. The Kier molecular flexibility index (Phi) is 7.25. The summed E-state index contributed by atoms with van der Waals surface area (Å²) in [4.78, 5) is 11.3. The summed E-state index contributed by atoms with van der Waals surface area (Å²) < 4.78 is 0. The molecule has 0 spiro atoms. The number of aromatic nitrogens is 1. The third-order valence-corrected chi connectivity index (χ3v) is 4.88. The van der Waals surface area contributed by atoms with E-state index in [1.807, 2.05) is 7.05 Å². The summed E-state index contributed by atoms with van der Waals surface area (Å²) in [5, 5.41) is 6.67. The van der Waals surface area contributed by atoms with Crippen molar-refractivity contribution in [1.82, 2.24) is 15.2 Å². The summed E-state index contributed by atoms with van der Waals surface area (Å²) in [6.45, 7) is 6.19. The second kappa shape index (κ2) is 9.42. The molecule has 0 amide bonds. The summed E-state index contributed by atoms with van der Waals surface area (Å²) in [5.74, 6) is 0.956. The summed E-state index contributed by atoms with van der Waals surface area (Å²) in [6, 6.07) is 8.55. The highest BCUT2D eigenvalue weighted by atomic mass is 32.1. The highest BCUT2D eigenvalue weighted by molar-refractivity contribution is 7.13. The molecule has 0 atom stereocenters. The minimum atomic E-state index is 0.847. The molecule has 0 aliphatic rings. The van der Waals surface area contributed by atoms with Gasteiger partial charge >= 0.3 is 0 Å². The van der Waals surface area contributed by atoms with Gasteiger partial charge in [-0.2, -0.15) is 0 Å². The lowest BCUT2D eigenvalue weighted by Gasteiger charge is -2.21. The van der Waals surface area contributed by atoms with Crippen LogP contribution in [0.1, 0.15) is 31.0 Å². The Labute approximate surface area is 149 Å². The van der Waals surface area contributed by atoms with Crippen LogP contribution in [0.25, 0.3) is 10.6 Å². The van der Waals surface area contributed by atoms with Crippen molar-refractivity contribution < 1.29 is 0 Å². The third kappa shape index (κ3) is 5.34. The third-order valence-electron chi connectivity index (χ3n) is 3.93. The van der Waals surface area contributed by atoms with E-state index in [9.17, 15) is 0 Å². The molecule has 0 radical (unpaired) electrons. The van der Waals surface area contributed by atoms with Crippen LogP contribution in [0.2, 0.25) is 0 Å². The minimum Gasteiger partial charge on any atom is -0.356 e. The van der Waals surface area contributed by atoms with Gasteiger partial charge in [0.2, 0.25) is 0 Å². The number of benzene rings is 1. The van der Waals surface area contributed by atoms with E-state index in [1.165, 1.54) is 24.0 Å². The first-order chi connectivity index (χ1) is 11.6. The largest absolute Gasteiger partial charge is 0.356 e. The topological polar surface area (TPSA) is 40.5 Å². The van der Waals surface area contributed by atoms with Crippen LogP contribution in [0.15, 0.2) is 34.6 Å². The van der Waals surface area contributed by atoms with Crippen LogP contribution < -0.4 is 5.32 Å². The summed E-state index contributed by atoms with van der Waals surface area (Å²) >= 11 is 1.71. The molecule has 0 saturated carbocycles. The Morgan fingerprint density at radius 3 is 2.71 bits per heavy atom. The number of nitrogens with one attached hydrogen (secondary N) is 1. The molecule has 0 saturated heterocycles. The predicted octanol–water partition coefficient (Wildman–Crippen LogP) is 3.97. The molecule has 2 aromatic rings. The Morgan fingerprint density at radius 2 is 2.04 bits per heavy atom. The molecular formula is C19H28N4S. The molecule has 1 aromatic carbocycles. The fraction of sp³-hybridized carbons (Fsp3) is 0.474. The zero-order valence-electron chi connectivity index (χ0n) is 15.2. The van der Waals surface area contributed by atoms with Crippen molar-refractivity contribution in [2.45, 2.75) is 33.1 Å². The zero-order valence-corrected chi connectivity index (χ0v) is 16.0. The number of thiazole rings is 1. The number of aliphatic imine (C=N–C) groups is 1. The van der Waals surface area contributed by atoms with Gasteiger partial charge < -0.3 is 10.2 Å². The van der Waals surface area contributed by atoms with Crippen LogP contribution in [0, 0.1) is 6.92 Å². The number of unbranched alkanes of at least 4 members (excludes halogenated alkanes) is 1. The summed E-state index contributed by atoms with van der Waals surface area (Å²) in [5.41, 5.74) is 3.60. The molecule has 5 heteroatoms. The van der Waals surface area contributed by atoms with Crippen LogP contribution in [0.4, 0.5) is 0 Å². The lowest BCUT2D eigenvalue weighted by molar-refractivity contribution is 0.465. The second-order valence-corrected chi connectivity index (χ2v) is 6.87. The van der Waals surface area contributed by atoms with Gasteiger partial charge in [-0.25, -0.2) is 4.98 Å². The molecule has 0 aliphatic carbocycles. The van der Waals surface area contributed by atoms with Gasteiger partial charge in [0.15, 0.2) is 5.96 Å². The average molecular weight is 345 g/mol. The minimum absolute atomic E-state index is 0.847. The van der Waals surface area contributed by atoms with Gasteiger partial charge in [0.1, 0.15) is 5.01 Å². The molecule has 24 heavy (non-hydrogen) atoms. The van der Waals surface area contributed by atoms with E-state index in [0.29, 0.717) is 0 Å². The van der Waals surface area contributed by atoms with Crippen LogP contribution in [0.3, 0.4) is 0 Å². The predicted molar refractivity (Wildman–Crippen MR) is 105 cm³/mol. The number of hydrogen-bond acceptors (Lipinski definition) is 3. The van der Waals surface area contributed by atoms with Crippen molar-refractivity contribution in [3.63, 3.8) is 0 Å². The number of rotatable bonds is 7. The average Bonchev–Trinajstić information content (AvgIpc) is 3.06. The maximum Gasteiger partial charge on any atom is 0.193 e. The molecule has 4 nitrogen and oxygen atoms in total. The van der Waals surface area contributed by atoms with Gasteiger partial charge in [0.25, 0.3) is 0 Å². The Balaban J connectivity index is 1.85. The van der Waals surface area contributed by atoms with E-state index in [-0.39, 0.29) is 0 Å². The number of nitrogens with zero attached hydrogens (tertiary/aromatic N) is 3. The summed E-state index contributed by atoms with van der Waals surface area (Å²) in [7, 11) is 3.92. The molecule has 0 bridgehead atoms. The van der Waals surface area contributed by atoms with Crippen molar-refractivity contribution in [3.05, 3.63) is 40.9 Å². The standard InChI is InChI=1S/C19H28N4S/c1-5-6-13-23(4)19(20-3)21-12-11-17-14-24-18(22-17)16-9-7-15(2)8-10-16/h7-10,14H,5-6,11-13H2,1-4H3,(H,20,21). The smallest absolute Gasteiger partial charge is 0.193 e. The highest BCUT2D eigenvalue weighted by Crippen LogP contribution is 2.24. The van der Waals surface area contributed by atoms with E-state index in [2.05, 4.69) is 65.7 Å². The molecule has 2 rings (SSSR count). The summed E-state index contributed by atoms with van der Waals surface area (Å²) in [6.07, 6.45) is 3.29. The van der Waals surface area contributed by atoms with Gasteiger partial charge in [0.05, 0.1) is 5.69 Å². The first-order valence-electron chi connectivity index (χ1n) is 8.57. The van der Waals surface area contributed by atoms with Crippen LogP contribution in [-0.4, -0.2) is 43.0 Å². The Morgan fingerprint density at radius 1 is 1.29 bits per heavy atom. The van der Waals surface area contributed by atoms with E-state index >= 15 is 0 Å². The number of guanidine groups is 1. The fourth-order valence-corrected chi connectivity index (χ4v) is 3.30. The van der Waals surface area contributed by atoms with Crippen molar-refractivity contribution in [2.75, 3.05) is 27.2 Å². The van der Waals surface area contributed by atoms with Crippen molar-refractivity contribution in [3.8, 4) is 10.6 Å². The molecule has 1 heterocycles. The maximum absolute atomic E-state index is 4.75. The van der Waals surface area contributed by atoms with E-state index in [1.54, 1.807) is 11.3 Å². The van der Waals surface area contributed by atoms with Crippen molar-refractivity contribution in [2.24, 2.45) is 4.99 Å². The number of aryl methyl sites for hydroxylation is 1. The van der Waals surface area contributed by atoms with Crippen LogP contribution in [0.5, 0.6) is 0 Å². The molecule has 1 aromatic heterocycles. The lowest BCUT2D eigenvalue weighted by atomic mass is 10.2. The van der Waals surface area contributed by atoms with E-state index < -0.39 is 0 Å². The maximum atomic E-state index is 4.75. The normalized spacial score (nSPS) is 11.6. The van der Waals surface area contributed by atoms with Crippen LogP contribution >= 0.6 is 11.3 Å². The van der Waals surface area contributed by atoms with Gasteiger partial charge in [0, 0.05) is 44.5 Å². The van der Waals surface area contributed by atoms with Gasteiger partial charge in [-0.15, -0.1) is 11.3 Å². The molecule has 0 aliphatic heterocycles. The fourth-order valence-electron chi connectivity index (χ4n) is 2.44. The van der Waals surface area contributed by atoms with Gasteiger partial charge in [-0.3, -0.25) is 4.99 Å². The SMILES string of the molecule is CCCCN(C)C(=NC)NCCc1csc(-c2ccc(C)cc2)n1. The molecular weight excluding hydrogens is 316 g/mol. The first kappa shape index (κ1) is 18.5. The van der Waals surface area contributed by atoms with Gasteiger partial charge in [-0.1, -0.05) is 43.2 Å². The lowest BCUT2D eigenvalue weighted by Crippen LogP contribution is -2.40. The Hall–Kier alpha value is -1.88.